The lowest BCUT2D eigenvalue weighted by molar-refractivity contribution is 0.0693. The fraction of sp³-hybridized carbons (Fsp3) is 0.462. The van der Waals surface area contributed by atoms with Crippen LogP contribution in [0, 0.1) is 12.8 Å². The molecule has 0 aromatic heterocycles. The van der Waals surface area contributed by atoms with Gasteiger partial charge in [0.1, 0.15) is 11.3 Å². The molecule has 0 spiro atoms. The molecule has 0 heterocycles. The Labute approximate surface area is 118 Å². The van der Waals surface area contributed by atoms with Crippen LogP contribution in [-0.2, 0) is 10.0 Å². The second-order valence-corrected chi connectivity index (χ2v) is 7.13. The first-order valence-corrected chi connectivity index (χ1v) is 7.54. The summed E-state index contributed by atoms with van der Waals surface area (Å²) < 4.78 is 26.0. The van der Waals surface area contributed by atoms with Crippen molar-refractivity contribution in [3.63, 3.8) is 0 Å². The topological polar surface area (TPSA) is 94.9 Å². The molecule has 0 aliphatic heterocycles. The van der Waals surface area contributed by atoms with Crippen LogP contribution in [0.15, 0.2) is 17.0 Å². The van der Waals surface area contributed by atoms with Crippen molar-refractivity contribution in [3.8, 4) is 5.75 Å². The van der Waals surface area contributed by atoms with Gasteiger partial charge in [-0.1, -0.05) is 13.8 Å². The number of sulfonamides is 1. The molecule has 0 saturated heterocycles. The van der Waals surface area contributed by atoms with Crippen molar-refractivity contribution in [2.75, 3.05) is 13.6 Å². The molecule has 0 aliphatic rings. The first-order valence-electron chi connectivity index (χ1n) is 6.10. The Hall–Kier alpha value is -1.60. The number of aromatic hydroxyl groups is 1. The van der Waals surface area contributed by atoms with Gasteiger partial charge in [-0.3, -0.25) is 0 Å². The van der Waals surface area contributed by atoms with Crippen molar-refractivity contribution in [2.45, 2.75) is 25.7 Å². The summed E-state index contributed by atoms with van der Waals surface area (Å²) in [7, 11) is -2.33. The number of phenols is 1. The normalized spacial score (nSPS) is 12.1. The van der Waals surface area contributed by atoms with E-state index >= 15 is 0 Å². The van der Waals surface area contributed by atoms with E-state index in [1.54, 1.807) is 0 Å². The highest BCUT2D eigenvalue weighted by Gasteiger charge is 2.26. The average Bonchev–Trinajstić information content (AvgIpc) is 2.26. The van der Waals surface area contributed by atoms with Crippen LogP contribution in [0.2, 0.25) is 0 Å². The summed E-state index contributed by atoms with van der Waals surface area (Å²) in [6.07, 6.45) is 0. The Morgan fingerprint density at radius 3 is 2.35 bits per heavy atom. The third-order valence-corrected chi connectivity index (χ3v) is 4.80. The molecular weight excluding hydrogens is 282 g/mol. The molecule has 7 heteroatoms. The van der Waals surface area contributed by atoms with Gasteiger partial charge in [0, 0.05) is 13.6 Å². The number of carboxylic acid groups (broad SMARTS) is 1. The van der Waals surface area contributed by atoms with Crippen LogP contribution < -0.4 is 0 Å². The van der Waals surface area contributed by atoms with Crippen LogP contribution in [0.4, 0.5) is 0 Å². The molecule has 1 aromatic rings. The summed E-state index contributed by atoms with van der Waals surface area (Å²) in [5.74, 6) is -1.67. The molecule has 0 atom stereocenters. The van der Waals surface area contributed by atoms with E-state index in [1.807, 2.05) is 13.8 Å². The van der Waals surface area contributed by atoms with Crippen LogP contribution in [0.5, 0.6) is 5.75 Å². The Morgan fingerprint density at radius 1 is 1.35 bits per heavy atom. The summed E-state index contributed by atoms with van der Waals surface area (Å²) in [4.78, 5) is 10.9. The molecule has 0 aliphatic carbocycles. The number of carboxylic acids is 1. The van der Waals surface area contributed by atoms with Crippen LogP contribution in [0.1, 0.15) is 29.8 Å². The quantitative estimate of drug-likeness (QED) is 0.862. The van der Waals surface area contributed by atoms with Crippen molar-refractivity contribution < 1.29 is 23.4 Å². The summed E-state index contributed by atoms with van der Waals surface area (Å²) >= 11 is 0. The maximum absolute atomic E-state index is 12.4. The van der Waals surface area contributed by atoms with Gasteiger partial charge < -0.3 is 10.2 Å². The maximum Gasteiger partial charge on any atom is 0.339 e. The Kier molecular flexibility index (Phi) is 4.77. The fourth-order valence-corrected chi connectivity index (χ4v) is 3.47. The Morgan fingerprint density at radius 2 is 1.90 bits per heavy atom. The first-order chi connectivity index (χ1) is 9.07. The fourth-order valence-electron chi connectivity index (χ4n) is 1.90. The number of rotatable bonds is 5. The highest BCUT2D eigenvalue weighted by atomic mass is 32.2. The number of aryl methyl sites for hydroxylation is 1. The molecular formula is C13H19NO5S. The molecule has 20 heavy (non-hydrogen) atoms. The summed E-state index contributed by atoms with van der Waals surface area (Å²) in [5, 5.41) is 18.5. The minimum absolute atomic E-state index is 0.101. The van der Waals surface area contributed by atoms with Gasteiger partial charge in [0.15, 0.2) is 0 Å². The van der Waals surface area contributed by atoms with Crippen LogP contribution in [0.3, 0.4) is 0 Å². The van der Waals surface area contributed by atoms with Crippen molar-refractivity contribution in [1.29, 1.82) is 0 Å². The molecule has 6 nitrogen and oxygen atoms in total. The predicted octanol–water partition coefficient (Wildman–Crippen LogP) is 1.68. The van der Waals surface area contributed by atoms with Crippen molar-refractivity contribution in [3.05, 3.63) is 23.3 Å². The average molecular weight is 301 g/mol. The van der Waals surface area contributed by atoms with E-state index in [0.717, 1.165) is 12.1 Å². The summed E-state index contributed by atoms with van der Waals surface area (Å²) in [5.41, 5.74) is -0.116. The lowest BCUT2D eigenvalue weighted by atomic mass is 10.1. The van der Waals surface area contributed by atoms with Gasteiger partial charge in [0.2, 0.25) is 10.0 Å². The second kappa shape index (κ2) is 5.80. The van der Waals surface area contributed by atoms with E-state index in [1.165, 1.54) is 18.3 Å². The number of nitrogens with zero attached hydrogens (tertiary/aromatic N) is 1. The van der Waals surface area contributed by atoms with E-state index in [2.05, 4.69) is 0 Å². The van der Waals surface area contributed by atoms with Crippen LogP contribution in [0.25, 0.3) is 0 Å². The minimum atomic E-state index is -3.78. The zero-order chi connectivity index (χ0) is 15.7. The van der Waals surface area contributed by atoms with E-state index in [9.17, 15) is 18.3 Å². The Balaban J connectivity index is 3.38. The van der Waals surface area contributed by atoms with Gasteiger partial charge in [0.05, 0.1) is 4.90 Å². The standard InChI is InChI=1S/C13H19NO5S/c1-8(2)7-14(4)20(18,19)12-6-10(13(16)17)11(15)5-9(12)3/h5-6,8,15H,7H2,1-4H3,(H,16,17). The lowest BCUT2D eigenvalue weighted by Crippen LogP contribution is -2.31. The molecule has 0 saturated carbocycles. The van der Waals surface area contributed by atoms with E-state index in [-0.39, 0.29) is 10.8 Å². The number of carbonyl (C=O) groups is 1. The molecule has 1 aromatic carbocycles. The van der Waals surface area contributed by atoms with Crippen molar-refractivity contribution >= 4 is 16.0 Å². The monoisotopic (exact) mass is 301 g/mol. The molecule has 2 N–H and O–H groups in total. The van der Waals surface area contributed by atoms with Crippen molar-refractivity contribution in [2.24, 2.45) is 5.92 Å². The van der Waals surface area contributed by atoms with Crippen LogP contribution >= 0.6 is 0 Å². The largest absolute Gasteiger partial charge is 0.507 e. The predicted molar refractivity (Wildman–Crippen MR) is 74.5 cm³/mol. The van der Waals surface area contributed by atoms with E-state index in [0.29, 0.717) is 12.1 Å². The first kappa shape index (κ1) is 16.5. The highest BCUT2D eigenvalue weighted by molar-refractivity contribution is 7.89. The molecule has 112 valence electrons. The second-order valence-electron chi connectivity index (χ2n) is 5.12. The number of aromatic carboxylic acids is 1. The van der Waals surface area contributed by atoms with Gasteiger partial charge in [-0.05, 0) is 30.5 Å². The number of hydrogen-bond donors (Lipinski definition) is 2. The summed E-state index contributed by atoms with van der Waals surface area (Å²) in [6, 6.07) is 2.15. The Bertz CT molecular complexity index is 622. The smallest absolute Gasteiger partial charge is 0.339 e. The molecule has 1 rings (SSSR count). The molecule has 0 radical (unpaired) electrons. The molecule has 0 amide bonds. The van der Waals surface area contributed by atoms with Crippen LogP contribution in [-0.4, -0.2) is 42.5 Å². The van der Waals surface area contributed by atoms with Gasteiger partial charge in [-0.2, -0.15) is 0 Å². The van der Waals surface area contributed by atoms with Gasteiger partial charge in [-0.25, -0.2) is 17.5 Å². The number of benzene rings is 1. The zero-order valence-electron chi connectivity index (χ0n) is 11.9. The van der Waals surface area contributed by atoms with Gasteiger partial charge in [-0.15, -0.1) is 0 Å². The van der Waals surface area contributed by atoms with E-state index in [4.69, 9.17) is 5.11 Å². The molecule has 0 unspecified atom stereocenters. The third-order valence-electron chi connectivity index (χ3n) is 2.83. The van der Waals surface area contributed by atoms with Gasteiger partial charge in [0.25, 0.3) is 0 Å². The SMILES string of the molecule is Cc1cc(O)c(C(=O)O)cc1S(=O)(=O)N(C)CC(C)C. The molecule has 0 bridgehead atoms. The highest BCUT2D eigenvalue weighted by Crippen LogP contribution is 2.27. The third kappa shape index (κ3) is 3.29. The number of hydrogen-bond acceptors (Lipinski definition) is 4. The minimum Gasteiger partial charge on any atom is -0.507 e. The van der Waals surface area contributed by atoms with E-state index < -0.39 is 27.3 Å². The lowest BCUT2D eigenvalue weighted by Gasteiger charge is -2.20. The van der Waals surface area contributed by atoms with Crippen molar-refractivity contribution in [1.82, 2.24) is 4.31 Å². The maximum atomic E-state index is 12.4. The summed E-state index contributed by atoms with van der Waals surface area (Å²) in [6.45, 7) is 5.61. The van der Waals surface area contributed by atoms with Gasteiger partial charge >= 0.3 is 5.97 Å². The molecule has 0 fully saturated rings. The zero-order valence-corrected chi connectivity index (χ0v) is 12.7.